The molecule has 88 valence electrons. The van der Waals surface area contributed by atoms with Gasteiger partial charge >= 0.3 is 0 Å². The van der Waals surface area contributed by atoms with E-state index in [0.29, 0.717) is 6.61 Å². The Labute approximate surface area is 102 Å². The van der Waals surface area contributed by atoms with Crippen LogP contribution in [0.5, 0.6) is 5.75 Å². The van der Waals surface area contributed by atoms with Crippen molar-refractivity contribution in [2.24, 2.45) is 0 Å². The summed E-state index contributed by atoms with van der Waals surface area (Å²) >= 11 is 0. The first-order valence-corrected chi connectivity index (χ1v) is 5.92. The van der Waals surface area contributed by atoms with Crippen molar-refractivity contribution in [2.45, 2.75) is 26.9 Å². The zero-order valence-corrected chi connectivity index (χ0v) is 10.3. The Morgan fingerprint density at radius 3 is 2.47 bits per heavy atom. The summed E-state index contributed by atoms with van der Waals surface area (Å²) in [6.07, 6.45) is 1.06. The molecule has 0 atom stereocenters. The predicted molar refractivity (Wildman–Crippen MR) is 69.1 cm³/mol. The summed E-state index contributed by atoms with van der Waals surface area (Å²) in [7, 11) is 0. The van der Waals surface area contributed by atoms with E-state index in [1.54, 1.807) is 0 Å². The summed E-state index contributed by atoms with van der Waals surface area (Å²) in [5, 5.41) is 0. The maximum absolute atomic E-state index is 5.68. The van der Waals surface area contributed by atoms with Gasteiger partial charge in [-0.25, -0.2) is 0 Å². The van der Waals surface area contributed by atoms with Crippen LogP contribution in [0.1, 0.15) is 23.9 Å². The number of aromatic nitrogens is 1. The number of aryl methyl sites for hydroxylation is 2. The van der Waals surface area contributed by atoms with E-state index in [1.165, 1.54) is 5.56 Å². The summed E-state index contributed by atoms with van der Waals surface area (Å²) in [6, 6.07) is 14.2. The van der Waals surface area contributed by atoms with Gasteiger partial charge in [0.2, 0.25) is 0 Å². The first-order valence-electron chi connectivity index (χ1n) is 5.92. The molecule has 1 heterocycles. The molecule has 1 aromatic heterocycles. The molecule has 0 N–H and O–H groups in total. The van der Waals surface area contributed by atoms with Crippen molar-refractivity contribution >= 4 is 0 Å². The quantitative estimate of drug-likeness (QED) is 0.797. The monoisotopic (exact) mass is 227 g/mol. The third kappa shape index (κ3) is 3.31. The third-order valence-electron chi connectivity index (χ3n) is 2.66. The number of benzene rings is 1. The van der Waals surface area contributed by atoms with E-state index in [1.807, 2.05) is 37.3 Å². The maximum atomic E-state index is 5.68. The van der Waals surface area contributed by atoms with E-state index in [2.05, 4.69) is 24.0 Å². The Balaban J connectivity index is 1.97. The summed E-state index contributed by atoms with van der Waals surface area (Å²) in [4.78, 5) is 4.40. The number of hydrogen-bond donors (Lipinski definition) is 0. The van der Waals surface area contributed by atoms with Crippen LogP contribution >= 0.6 is 0 Å². The molecule has 0 fully saturated rings. The number of nitrogens with zero attached hydrogens (tertiary/aromatic N) is 1. The maximum Gasteiger partial charge on any atom is 0.130 e. The second-order valence-corrected chi connectivity index (χ2v) is 4.06. The van der Waals surface area contributed by atoms with Crippen LogP contribution in [0, 0.1) is 6.92 Å². The van der Waals surface area contributed by atoms with Crippen LogP contribution in [0.2, 0.25) is 0 Å². The van der Waals surface area contributed by atoms with Crippen molar-refractivity contribution in [3.8, 4) is 5.75 Å². The van der Waals surface area contributed by atoms with Crippen LogP contribution in [0.3, 0.4) is 0 Å². The molecule has 0 amide bonds. The third-order valence-corrected chi connectivity index (χ3v) is 2.66. The molecule has 1 aromatic carbocycles. The summed E-state index contributed by atoms with van der Waals surface area (Å²) in [5.74, 6) is 0.894. The summed E-state index contributed by atoms with van der Waals surface area (Å²) in [5.41, 5.74) is 3.31. The molecule has 0 saturated carbocycles. The fourth-order valence-electron chi connectivity index (χ4n) is 1.66. The van der Waals surface area contributed by atoms with Crippen molar-refractivity contribution < 1.29 is 4.74 Å². The van der Waals surface area contributed by atoms with Crippen LogP contribution < -0.4 is 4.74 Å². The Bertz CT molecular complexity index is 477. The van der Waals surface area contributed by atoms with Crippen molar-refractivity contribution in [1.29, 1.82) is 0 Å². The molecule has 0 bridgehead atoms. The predicted octanol–water partition coefficient (Wildman–Crippen LogP) is 3.53. The Kier molecular flexibility index (Phi) is 3.76. The fourth-order valence-corrected chi connectivity index (χ4v) is 1.66. The van der Waals surface area contributed by atoms with Crippen LogP contribution in [0.25, 0.3) is 0 Å². The van der Waals surface area contributed by atoms with E-state index in [0.717, 1.165) is 23.6 Å². The average Bonchev–Trinajstić information content (AvgIpc) is 2.37. The largest absolute Gasteiger partial charge is 0.487 e. The van der Waals surface area contributed by atoms with Crippen LogP contribution in [-0.2, 0) is 13.0 Å². The zero-order chi connectivity index (χ0) is 12.1. The molecule has 17 heavy (non-hydrogen) atoms. The minimum Gasteiger partial charge on any atom is -0.487 e. The second kappa shape index (κ2) is 5.48. The highest BCUT2D eigenvalue weighted by Crippen LogP contribution is 2.14. The van der Waals surface area contributed by atoms with Crippen molar-refractivity contribution in [3.63, 3.8) is 0 Å². The molecule has 0 spiro atoms. The number of hydrogen-bond acceptors (Lipinski definition) is 2. The average molecular weight is 227 g/mol. The van der Waals surface area contributed by atoms with E-state index < -0.39 is 0 Å². The van der Waals surface area contributed by atoms with Crippen LogP contribution in [-0.4, -0.2) is 4.98 Å². The molecule has 0 radical (unpaired) electrons. The Hall–Kier alpha value is -1.83. The number of pyridine rings is 1. The van der Waals surface area contributed by atoms with Gasteiger partial charge in [0.1, 0.15) is 12.4 Å². The number of ether oxygens (including phenoxy) is 1. The van der Waals surface area contributed by atoms with Crippen molar-refractivity contribution in [3.05, 3.63) is 59.4 Å². The highest BCUT2D eigenvalue weighted by atomic mass is 16.5. The van der Waals surface area contributed by atoms with Gasteiger partial charge < -0.3 is 4.74 Å². The lowest BCUT2D eigenvalue weighted by molar-refractivity contribution is 0.301. The fraction of sp³-hybridized carbons (Fsp3) is 0.267. The minimum absolute atomic E-state index is 0.521. The molecule has 2 heteroatoms. The van der Waals surface area contributed by atoms with Gasteiger partial charge in [0, 0.05) is 5.69 Å². The van der Waals surface area contributed by atoms with Crippen LogP contribution in [0.4, 0.5) is 0 Å². The van der Waals surface area contributed by atoms with Gasteiger partial charge in [-0.3, -0.25) is 4.98 Å². The Morgan fingerprint density at radius 2 is 1.82 bits per heavy atom. The van der Waals surface area contributed by atoms with Gasteiger partial charge in [0.15, 0.2) is 0 Å². The van der Waals surface area contributed by atoms with Crippen LogP contribution in [0.15, 0.2) is 42.5 Å². The van der Waals surface area contributed by atoms with Gasteiger partial charge in [0.05, 0.1) is 5.69 Å². The first kappa shape index (κ1) is 11.6. The van der Waals surface area contributed by atoms with Crippen molar-refractivity contribution in [1.82, 2.24) is 4.98 Å². The Morgan fingerprint density at radius 1 is 1.06 bits per heavy atom. The van der Waals surface area contributed by atoms with Gasteiger partial charge in [0.25, 0.3) is 0 Å². The lowest BCUT2D eigenvalue weighted by atomic mass is 10.2. The molecule has 0 aliphatic rings. The van der Waals surface area contributed by atoms with Gasteiger partial charge in [-0.1, -0.05) is 25.1 Å². The molecule has 0 unspecified atom stereocenters. The van der Waals surface area contributed by atoms with Gasteiger partial charge in [-0.15, -0.1) is 0 Å². The SMILES string of the molecule is CCc1ccc(OCc2cccc(C)n2)cc1. The minimum atomic E-state index is 0.521. The molecular weight excluding hydrogens is 210 g/mol. The molecule has 2 aromatic rings. The second-order valence-electron chi connectivity index (χ2n) is 4.06. The lowest BCUT2D eigenvalue weighted by Crippen LogP contribution is -1.99. The summed E-state index contributed by atoms with van der Waals surface area (Å²) < 4.78 is 5.68. The van der Waals surface area contributed by atoms with Gasteiger partial charge in [-0.2, -0.15) is 0 Å². The van der Waals surface area contributed by atoms with E-state index in [-0.39, 0.29) is 0 Å². The normalized spacial score (nSPS) is 10.2. The zero-order valence-electron chi connectivity index (χ0n) is 10.3. The molecule has 0 aliphatic carbocycles. The standard InChI is InChI=1S/C15H17NO/c1-3-13-7-9-15(10-8-13)17-11-14-6-4-5-12(2)16-14/h4-10H,3,11H2,1-2H3. The molecule has 0 aliphatic heterocycles. The summed E-state index contributed by atoms with van der Waals surface area (Å²) in [6.45, 7) is 4.65. The molecule has 2 rings (SSSR count). The highest BCUT2D eigenvalue weighted by Gasteiger charge is 1.97. The van der Waals surface area contributed by atoms with Crippen molar-refractivity contribution in [2.75, 3.05) is 0 Å². The lowest BCUT2D eigenvalue weighted by Gasteiger charge is -2.06. The number of rotatable bonds is 4. The van der Waals surface area contributed by atoms with E-state index in [9.17, 15) is 0 Å². The van der Waals surface area contributed by atoms with E-state index >= 15 is 0 Å². The molecule has 0 saturated heterocycles. The molecule has 2 nitrogen and oxygen atoms in total. The van der Waals surface area contributed by atoms with E-state index in [4.69, 9.17) is 4.74 Å². The molecular formula is C15H17NO. The highest BCUT2D eigenvalue weighted by molar-refractivity contribution is 5.27. The first-order chi connectivity index (χ1) is 8.28. The van der Waals surface area contributed by atoms with Gasteiger partial charge in [-0.05, 0) is 43.2 Å². The smallest absolute Gasteiger partial charge is 0.130 e. The topological polar surface area (TPSA) is 22.1 Å².